The number of nitrogens with two attached hydrogens (primary N) is 1. The zero-order valence-electron chi connectivity index (χ0n) is 13.9. The van der Waals surface area contributed by atoms with E-state index >= 15 is 0 Å². The number of azo groups is 1. The summed E-state index contributed by atoms with van der Waals surface area (Å²) in [5.41, 5.74) is 5.03. The number of nitrogen functional groups attached to an aromatic ring is 1. The first kappa shape index (κ1) is 19.7. The summed E-state index contributed by atoms with van der Waals surface area (Å²) in [6.07, 6.45) is 0. The van der Waals surface area contributed by atoms with Crippen LogP contribution < -0.4 is 5.73 Å². The summed E-state index contributed by atoms with van der Waals surface area (Å²) in [4.78, 5) is -1.32. The lowest BCUT2D eigenvalue weighted by atomic mass is 10.1. The smallest absolute Gasteiger partial charge is 0.296 e. The average molecular weight is 423 g/mol. The summed E-state index contributed by atoms with van der Waals surface area (Å²) in [6.45, 7) is 0. The molecule has 0 amide bonds. The van der Waals surface area contributed by atoms with Crippen LogP contribution >= 0.6 is 0 Å². The van der Waals surface area contributed by atoms with E-state index in [9.17, 15) is 31.0 Å². The van der Waals surface area contributed by atoms with Crippen LogP contribution in [0.2, 0.25) is 0 Å². The van der Waals surface area contributed by atoms with Crippen molar-refractivity contribution in [3.05, 3.63) is 48.5 Å². The molecule has 3 aromatic carbocycles. The van der Waals surface area contributed by atoms with Crippen molar-refractivity contribution in [3.8, 4) is 5.75 Å². The predicted octanol–water partition coefficient (Wildman–Crippen LogP) is 3.04. The standard InChI is InChI=1S/C16H13N3O7S2/c17-10-5-6-11-9(7-10)8-14(28(24,25)26)15(16(11)20)19-18-12-3-1-2-4-13(12)27(21,22)23/h1-8,20H,17H2,(H,21,22,23)(H,24,25,26). The fourth-order valence-corrected chi connectivity index (χ4v) is 3.81. The van der Waals surface area contributed by atoms with E-state index in [0.717, 1.165) is 12.1 Å². The first-order chi connectivity index (χ1) is 13.0. The lowest BCUT2D eigenvalue weighted by Crippen LogP contribution is -1.99. The molecule has 0 unspecified atom stereocenters. The van der Waals surface area contributed by atoms with Gasteiger partial charge in [0, 0.05) is 11.1 Å². The number of phenols is 1. The van der Waals surface area contributed by atoms with Crippen LogP contribution in [0, 0.1) is 0 Å². The molecular formula is C16H13N3O7S2. The summed E-state index contributed by atoms with van der Waals surface area (Å²) in [5, 5.41) is 18.1. The second-order valence-electron chi connectivity index (χ2n) is 5.67. The van der Waals surface area contributed by atoms with Gasteiger partial charge in [0.1, 0.15) is 21.2 Å². The second-order valence-corrected chi connectivity index (χ2v) is 8.45. The van der Waals surface area contributed by atoms with Crippen molar-refractivity contribution in [2.75, 3.05) is 5.73 Å². The summed E-state index contributed by atoms with van der Waals surface area (Å²) < 4.78 is 65.1. The molecule has 5 N–H and O–H groups in total. The van der Waals surface area contributed by atoms with E-state index in [1.165, 1.54) is 36.4 Å². The number of anilines is 1. The quantitative estimate of drug-likeness (QED) is 0.281. The van der Waals surface area contributed by atoms with Crippen molar-refractivity contribution in [1.82, 2.24) is 0 Å². The van der Waals surface area contributed by atoms with Gasteiger partial charge in [-0.1, -0.05) is 12.1 Å². The molecule has 0 fully saturated rings. The van der Waals surface area contributed by atoms with E-state index < -0.39 is 41.5 Å². The highest BCUT2D eigenvalue weighted by Crippen LogP contribution is 2.42. The summed E-state index contributed by atoms with van der Waals surface area (Å²) in [7, 11) is -9.45. The summed E-state index contributed by atoms with van der Waals surface area (Å²) in [5.74, 6) is -0.613. The molecule has 28 heavy (non-hydrogen) atoms. The topological polar surface area (TPSA) is 180 Å². The molecule has 0 aliphatic carbocycles. The summed E-state index contributed by atoms with van der Waals surface area (Å²) >= 11 is 0. The second kappa shape index (κ2) is 6.83. The monoisotopic (exact) mass is 423 g/mol. The molecule has 0 spiro atoms. The Hall–Kier alpha value is -3.06. The van der Waals surface area contributed by atoms with Gasteiger partial charge in [-0.25, -0.2) is 0 Å². The lowest BCUT2D eigenvalue weighted by molar-refractivity contribution is 0.472. The number of benzene rings is 3. The number of hydrogen-bond acceptors (Lipinski definition) is 8. The highest BCUT2D eigenvalue weighted by atomic mass is 32.2. The minimum Gasteiger partial charge on any atom is -0.505 e. The van der Waals surface area contributed by atoms with Crippen LogP contribution in [0.15, 0.2) is 68.6 Å². The molecule has 0 radical (unpaired) electrons. The first-order valence-electron chi connectivity index (χ1n) is 7.49. The molecule has 3 rings (SSSR count). The number of hydrogen-bond donors (Lipinski definition) is 4. The number of phenolic OH excluding ortho intramolecular Hbond substituents is 1. The van der Waals surface area contributed by atoms with Gasteiger partial charge in [0.05, 0.1) is 0 Å². The maximum absolute atomic E-state index is 11.7. The van der Waals surface area contributed by atoms with Crippen molar-refractivity contribution < 1.29 is 31.0 Å². The predicted molar refractivity (Wildman–Crippen MR) is 100 cm³/mol. The number of rotatable bonds is 4. The van der Waals surface area contributed by atoms with Gasteiger partial charge >= 0.3 is 0 Å². The fraction of sp³-hybridized carbons (Fsp3) is 0. The molecule has 146 valence electrons. The van der Waals surface area contributed by atoms with Crippen LogP contribution in [0.4, 0.5) is 17.1 Å². The molecule has 0 saturated carbocycles. The third-order valence-corrected chi connectivity index (χ3v) is 5.52. The van der Waals surface area contributed by atoms with Gasteiger partial charge in [-0.05, 0) is 41.8 Å². The summed E-state index contributed by atoms with van der Waals surface area (Å²) in [6, 6.07) is 10.3. The Kier molecular flexibility index (Phi) is 4.81. The van der Waals surface area contributed by atoms with Crippen LogP contribution in [0.1, 0.15) is 0 Å². The number of nitrogens with zero attached hydrogens (tertiary/aromatic N) is 2. The molecule has 0 atom stereocenters. The van der Waals surface area contributed by atoms with Crippen LogP contribution in [0.5, 0.6) is 5.75 Å². The molecule has 10 nitrogen and oxygen atoms in total. The van der Waals surface area contributed by atoms with Gasteiger partial charge in [-0.3, -0.25) is 9.11 Å². The van der Waals surface area contributed by atoms with Crippen LogP contribution in [0.25, 0.3) is 10.8 Å². The Morgan fingerprint density at radius 3 is 2.11 bits per heavy atom. The van der Waals surface area contributed by atoms with Gasteiger partial charge in [0.15, 0.2) is 5.75 Å². The minimum absolute atomic E-state index is 0.179. The maximum atomic E-state index is 11.7. The maximum Gasteiger partial charge on any atom is 0.296 e. The lowest BCUT2D eigenvalue weighted by Gasteiger charge is -2.09. The van der Waals surface area contributed by atoms with Gasteiger partial charge in [0.2, 0.25) is 0 Å². The van der Waals surface area contributed by atoms with E-state index in [2.05, 4.69) is 10.2 Å². The van der Waals surface area contributed by atoms with Crippen molar-refractivity contribution in [3.63, 3.8) is 0 Å². The van der Waals surface area contributed by atoms with Gasteiger partial charge in [0.25, 0.3) is 20.2 Å². The van der Waals surface area contributed by atoms with Crippen molar-refractivity contribution in [1.29, 1.82) is 0 Å². The van der Waals surface area contributed by atoms with E-state index in [1.54, 1.807) is 0 Å². The number of fused-ring (bicyclic) bond motifs is 1. The van der Waals surface area contributed by atoms with E-state index in [-0.39, 0.29) is 16.5 Å². The zero-order valence-corrected chi connectivity index (χ0v) is 15.5. The van der Waals surface area contributed by atoms with E-state index in [4.69, 9.17) is 5.73 Å². The Bertz CT molecular complexity index is 1330. The largest absolute Gasteiger partial charge is 0.505 e. The zero-order chi connectivity index (χ0) is 20.7. The van der Waals surface area contributed by atoms with Crippen molar-refractivity contribution in [2.24, 2.45) is 10.2 Å². The molecule has 0 aliphatic rings. The fourth-order valence-electron chi connectivity index (χ4n) is 2.53. The highest BCUT2D eigenvalue weighted by Gasteiger charge is 2.22. The Balaban J connectivity index is 2.28. The van der Waals surface area contributed by atoms with E-state index in [1.807, 2.05) is 0 Å². The molecule has 0 heterocycles. The molecule has 12 heteroatoms. The highest BCUT2D eigenvalue weighted by molar-refractivity contribution is 7.86. The minimum atomic E-state index is -4.83. The Morgan fingerprint density at radius 2 is 1.46 bits per heavy atom. The van der Waals surface area contributed by atoms with Gasteiger partial charge < -0.3 is 10.8 Å². The third-order valence-electron chi connectivity index (χ3n) is 3.75. The van der Waals surface area contributed by atoms with Crippen molar-refractivity contribution in [2.45, 2.75) is 9.79 Å². The van der Waals surface area contributed by atoms with E-state index in [0.29, 0.717) is 5.69 Å². The van der Waals surface area contributed by atoms with Crippen molar-refractivity contribution >= 4 is 48.1 Å². The average Bonchev–Trinajstić information content (AvgIpc) is 2.59. The Morgan fingerprint density at radius 1 is 0.821 bits per heavy atom. The molecule has 0 aliphatic heterocycles. The Labute approximate surface area is 159 Å². The van der Waals surface area contributed by atoms with Crippen LogP contribution in [-0.4, -0.2) is 31.0 Å². The third kappa shape index (κ3) is 3.80. The molecule has 0 saturated heterocycles. The molecule has 3 aromatic rings. The number of aromatic hydroxyl groups is 1. The SMILES string of the molecule is Nc1ccc2c(O)c(N=Nc3ccccc3S(=O)(=O)O)c(S(=O)(=O)O)cc2c1. The molecular weight excluding hydrogens is 410 g/mol. The first-order valence-corrected chi connectivity index (χ1v) is 10.4. The normalized spacial score (nSPS) is 12.6. The molecule has 0 bridgehead atoms. The van der Waals surface area contributed by atoms with Crippen LogP contribution in [0.3, 0.4) is 0 Å². The van der Waals surface area contributed by atoms with Crippen LogP contribution in [-0.2, 0) is 20.2 Å². The van der Waals surface area contributed by atoms with Gasteiger partial charge in [-0.2, -0.15) is 16.8 Å². The molecule has 0 aromatic heterocycles. The van der Waals surface area contributed by atoms with Gasteiger partial charge in [-0.15, -0.1) is 10.2 Å².